The summed E-state index contributed by atoms with van der Waals surface area (Å²) >= 11 is 0. The number of aliphatic hydroxyl groups is 1. The highest BCUT2D eigenvalue weighted by molar-refractivity contribution is 5.41. The van der Waals surface area contributed by atoms with Gasteiger partial charge in [-0.3, -0.25) is 0 Å². The van der Waals surface area contributed by atoms with E-state index in [1.54, 1.807) is 0 Å². The Morgan fingerprint density at radius 3 is 2.03 bits per heavy atom. The van der Waals surface area contributed by atoms with Crippen LogP contribution in [0.3, 0.4) is 0 Å². The lowest BCUT2D eigenvalue weighted by molar-refractivity contribution is 0.0123. The fourth-order valence-electron chi connectivity index (χ4n) is 3.06. The highest BCUT2D eigenvalue weighted by Gasteiger charge is 2.24. The molecule has 2 unspecified atom stereocenters. The Bertz CT molecular complexity index is 735. The van der Waals surface area contributed by atoms with Crippen molar-refractivity contribution in [1.29, 1.82) is 0 Å². The maximum absolute atomic E-state index is 9.90. The molecule has 158 valence electrons. The van der Waals surface area contributed by atoms with Gasteiger partial charge in [0.25, 0.3) is 0 Å². The van der Waals surface area contributed by atoms with E-state index in [2.05, 4.69) is 38.1 Å². The fourth-order valence-corrected chi connectivity index (χ4v) is 3.06. The van der Waals surface area contributed by atoms with E-state index in [0.29, 0.717) is 19.8 Å². The van der Waals surface area contributed by atoms with Gasteiger partial charge >= 0.3 is 0 Å². The van der Waals surface area contributed by atoms with E-state index in [1.165, 1.54) is 11.1 Å². The molecule has 1 heterocycles. The van der Waals surface area contributed by atoms with Crippen LogP contribution in [-0.2, 0) is 14.9 Å². The molecule has 1 N–H and O–H groups in total. The molecule has 0 saturated carbocycles. The van der Waals surface area contributed by atoms with Gasteiger partial charge in [0, 0.05) is 12.0 Å². The summed E-state index contributed by atoms with van der Waals surface area (Å²) in [5.41, 5.74) is 2.26. The van der Waals surface area contributed by atoms with E-state index < -0.39 is 6.10 Å². The van der Waals surface area contributed by atoms with E-state index in [4.69, 9.17) is 18.9 Å². The molecule has 1 fully saturated rings. The van der Waals surface area contributed by atoms with Crippen molar-refractivity contribution in [2.45, 2.75) is 44.8 Å². The smallest absolute Gasteiger partial charge is 0.119 e. The van der Waals surface area contributed by atoms with E-state index in [-0.39, 0.29) is 18.1 Å². The van der Waals surface area contributed by atoms with E-state index in [0.717, 1.165) is 24.5 Å². The summed E-state index contributed by atoms with van der Waals surface area (Å²) < 4.78 is 21.9. The number of ether oxygens (including phenoxy) is 4. The molecule has 5 heteroatoms. The molecule has 29 heavy (non-hydrogen) atoms. The highest BCUT2D eigenvalue weighted by atomic mass is 16.6. The Hall–Kier alpha value is -2.08. The quantitative estimate of drug-likeness (QED) is 0.432. The zero-order valence-corrected chi connectivity index (χ0v) is 17.6. The lowest BCUT2D eigenvalue weighted by Crippen LogP contribution is -2.23. The predicted molar refractivity (Wildman–Crippen MR) is 113 cm³/mol. The predicted octanol–water partition coefficient (Wildman–Crippen LogP) is 3.96. The Balaban J connectivity index is 1.54. The molecular weight excluding hydrogens is 368 g/mol. The third-order valence-corrected chi connectivity index (χ3v) is 5.09. The second-order valence-corrected chi connectivity index (χ2v) is 7.98. The summed E-state index contributed by atoms with van der Waals surface area (Å²) in [5, 5.41) is 9.90. The zero-order chi connectivity index (χ0) is 20.7. The first-order valence-corrected chi connectivity index (χ1v) is 10.3. The molecule has 0 bridgehead atoms. The lowest BCUT2D eigenvalue weighted by Gasteiger charge is -2.26. The fraction of sp³-hybridized carbons (Fsp3) is 0.500. The zero-order valence-electron chi connectivity index (χ0n) is 17.6. The molecule has 0 aliphatic carbocycles. The maximum Gasteiger partial charge on any atom is 0.119 e. The molecule has 3 rings (SSSR count). The van der Waals surface area contributed by atoms with Crippen LogP contribution in [0.2, 0.25) is 0 Å². The van der Waals surface area contributed by atoms with Gasteiger partial charge < -0.3 is 24.1 Å². The second-order valence-electron chi connectivity index (χ2n) is 7.98. The van der Waals surface area contributed by atoms with Crippen molar-refractivity contribution in [2.24, 2.45) is 0 Å². The van der Waals surface area contributed by atoms with Crippen molar-refractivity contribution in [3.63, 3.8) is 0 Å². The molecule has 0 spiro atoms. The first-order valence-electron chi connectivity index (χ1n) is 10.3. The van der Waals surface area contributed by atoms with Gasteiger partial charge in [0.2, 0.25) is 0 Å². The maximum atomic E-state index is 9.90. The minimum absolute atomic E-state index is 0.149. The van der Waals surface area contributed by atoms with Crippen LogP contribution >= 0.6 is 0 Å². The SMILES string of the molecule is CCCOCC(O)COc1ccc(C(C)(C)c2ccc(OCC3CO3)cc2)cc1. The number of rotatable bonds is 12. The lowest BCUT2D eigenvalue weighted by atomic mass is 9.78. The summed E-state index contributed by atoms with van der Waals surface area (Å²) in [6.07, 6.45) is 0.581. The minimum Gasteiger partial charge on any atom is -0.491 e. The first kappa shape index (κ1) is 21.6. The Morgan fingerprint density at radius 2 is 1.52 bits per heavy atom. The molecule has 0 radical (unpaired) electrons. The minimum atomic E-state index is -0.620. The normalized spacial score (nSPS) is 17.0. The van der Waals surface area contributed by atoms with Crippen LogP contribution in [0.15, 0.2) is 48.5 Å². The van der Waals surface area contributed by atoms with Crippen LogP contribution in [0.4, 0.5) is 0 Å². The monoisotopic (exact) mass is 400 g/mol. The van der Waals surface area contributed by atoms with E-state index >= 15 is 0 Å². The molecule has 1 aliphatic heterocycles. The average molecular weight is 401 g/mol. The van der Waals surface area contributed by atoms with Crippen LogP contribution in [0.5, 0.6) is 11.5 Å². The number of benzene rings is 2. The Labute approximate surface area is 173 Å². The first-order chi connectivity index (χ1) is 14.0. The number of hydrogen-bond acceptors (Lipinski definition) is 5. The Morgan fingerprint density at radius 1 is 0.966 bits per heavy atom. The van der Waals surface area contributed by atoms with Crippen molar-refractivity contribution >= 4 is 0 Å². The molecule has 1 aliphatic rings. The van der Waals surface area contributed by atoms with Crippen molar-refractivity contribution < 1.29 is 24.1 Å². The topological polar surface area (TPSA) is 60.5 Å². The van der Waals surface area contributed by atoms with Gasteiger partial charge in [-0.05, 0) is 41.8 Å². The van der Waals surface area contributed by atoms with E-state index in [9.17, 15) is 5.11 Å². The third-order valence-electron chi connectivity index (χ3n) is 5.09. The summed E-state index contributed by atoms with van der Waals surface area (Å²) in [4.78, 5) is 0. The molecule has 2 aromatic carbocycles. The molecule has 2 atom stereocenters. The van der Waals surface area contributed by atoms with Crippen molar-refractivity contribution in [2.75, 3.05) is 33.0 Å². The molecule has 0 amide bonds. The number of hydrogen-bond donors (Lipinski definition) is 1. The summed E-state index contributed by atoms with van der Waals surface area (Å²) in [7, 11) is 0. The van der Waals surface area contributed by atoms with Gasteiger partial charge in [0.1, 0.15) is 36.9 Å². The highest BCUT2D eigenvalue weighted by Crippen LogP contribution is 2.33. The summed E-state index contributed by atoms with van der Waals surface area (Å²) in [6.45, 7) is 9.03. The average Bonchev–Trinajstić information content (AvgIpc) is 3.56. The van der Waals surface area contributed by atoms with Gasteiger partial charge in [-0.15, -0.1) is 0 Å². The van der Waals surface area contributed by atoms with Crippen LogP contribution in [0.25, 0.3) is 0 Å². The van der Waals surface area contributed by atoms with Crippen molar-refractivity contribution in [1.82, 2.24) is 0 Å². The van der Waals surface area contributed by atoms with Gasteiger partial charge in [-0.2, -0.15) is 0 Å². The van der Waals surface area contributed by atoms with Gasteiger partial charge in [0.15, 0.2) is 0 Å². The van der Waals surface area contributed by atoms with Crippen LogP contribution < -0.4 is 9.47 Å². The third kappa shape index (κ3) is 6.46. The van der Waals surface area contributed by atoms with Gasteiger partial charge in [-0.25, -0.2) is 0 Å². The number of epoxide rings is 1. The molecule has 2 aromatic rings. The van der Waals surface area contributed by atoms with Gasteiger partial charge in [-0.1, -0.05) is 45.0 Å². The van der Waals surface area contributed by atoms with Crippen LogP contribution in [0, 0.1) is 0 Å². The second kappa shape index (κ2) is 10.1. The standard InChI is InChI=1S/C24H32O5/c1-4-13-26-14-20(25)15-27-21-9-5-18(6-10-21)24(2,3)19-7-11-22(12-8-19)28-16-23-17-29-23/h5-12,20,23,25H,4,13-17H2,1-3H3. The molecular formula is C24H32O5. The van der Waals surface area contributed by atoms with E-state index in [1.807, 2.05) is 31.2 Å². The largest absolute Gasteiger partial charge is 0.491 e. The number of aliphatic hydroxyl groups excluding tert-OH is 1. The Kier molecular flexibility index (Phi) is 7.53. The van der Waals surface area contributed by atoms with Crippen LogP contribution in [0.1, 0.15) is 38.3 Å². The molecule has 0 aromatic heterocycles. The summed E-state index contributed by atoms with van der Waals surface area (Å²) in [5.74, 6) is 1.61. The van der Waals surface area contributed by atoms with Crippen molar-refractivity contribution in [3.05, 3.63) is 59.7 Å². The van der Waals surface area contributed by atoms with Gasteiger partial charge in [0.05, 0.1) is 13.2 Å². The van der Waals surface area contributed by atoms with Crippen molar-refractivity contribution in [3.8, 4) is 11.5 Å². The molecule has 5 nitrogen and oxygen atoms in total. The summed E-state index contributed by atoms with van der Waals surface area (Å²) in [6, 6.07) is 16.3. The van der Waals surface area contributed by atoms with Crippen LogP contribution in [-0.4, -0.2) is 50.3 Å². The molecule has 1 saturated heterocycles.